The number of nitrogens with zero attached hydrogens (tertiary/aromatic N) is 3. The lowest BCUT2D eigenvalue weighted by molar-refractivity contribution is 0.307. The van der Waals surface area contributed by atoms with Crippen LogP contribution in [-0.4, -0.2) is 29.5 Å². The molecule has 4 nitrogen and oxygen atoms in total. The molecule has 3 rings (SSSR count). The Morgan fingerprint density at radius 3 is 2.73 bits per heavy atom. The summed E-state index contributed by atoms with van der Waals surface area (Å²) in [5, 5.41) is 1.11. The molecule has 0 atom stereocenters. The minimum Gasteiger partial charge on any atom is -0.493 e. The standard InChI is InChI=1S/C20H22ClN3O.ClH/c1-15-19(25-12-6-5-10-21)9-11-22-20(15)24(2)17-13-16-7-3-4-8-18(16)23-14-17;/h3-4,7-9,11,13-14H,5-6,10,12H2,1-2H3;1H. The lowest BCUT2D eigenvalue weighted by Gasteiger charge is -2.21. The van der Waals surface area contributed by atoms with Crippen molar-refractivity contribution in [3.05, 3.63) is 54.4 Å². The molecule has 0 spiro atoms. The highest BCUT2D eigenvalue weighted by molar-refractivity contribution is 6.17. The molecule has 2 heterocycles. The highest BCUT2D eigenvalue weighted by atomic mass is 35.5. The van der Waals surface area contributed by atoms with Crippen molar-refractivity contribution < 1.29 is 4.74 Å². The predicted molar refractivity (Wildman–Crippen MR) is 111 cm³/mol. The Bertz CT molecular complexity index is 857. The highest BCUT2D eigenvalue weighted by Gasteiger charge is 2.13. The summed E-state index contributed by atoms with van der Waals surface area (Å²) in [5.41, 5.74) is 3.00. The van der Waals surface area contributed by atoms with Crippen LogP contribution in [0.3, 0.4) is 0 Å². The number of ether oxygens (including phenoxy) is 1. The van der Waals surface area contributed by atoms with Gasteiger partial charge < -0.3 is 9.64 Å². The fourth-order valence-electron chi connectivity index (χ4n) is 2.75. The van der Waals surface area contributed by atoms with Gasteiger partial charge in [-0.1, -0.05) is 18.2 Å². The summed E-state index contributed by atoms with van der Waals surface area (Å²) in [6, 6.07) is 12.1. The number of para-hydroxylation sites is 1. The Balaban J connectivity index is 0.00000243. The van der Waals surface area contributed by atoms with Crippen LogP contribution in [0.5, 0.6) is 5.75 Å². The van der Waals surface area contributed by atoms with E-state index < -0.39 is 0 Å². The number of benzene rings is 1. The van der Waals surface area contributed by atoms with E-state index in [9.17, 15) is 0 Å². The fourth-order valence-corrected chi connectivity index (χ4v) is 2.93. The quantitative estimate of drug-likeness (QED) is 0.392. The van der Waals surface area contributed by atoms with Gasteiger partial charge in [-0.05, 0) is 38.0 Å². The van der Waals surface area contributed by atoms with Gasteiger partial charge in [0.2, 0.25) is 0 Å². The van der Waals surface area contributed by atoms with Gasteiger partial charge in [0.25, 0.3) is 0 Å². The van der Waals surface area contributed by atoms with Crippen LogP contribution >= 0.6 is 24.0 Å². The molecular formula is C20H23Cl2N3O. The van der Waals surface area contributed by atoms with Crippen molar-refractivity contribution >= 4 is 46.4 Å². The number of anilines is 2. The zero-order valence-electron chi connectivity index (χ0n) is 15.0. The predicted octanol–water partition coefficient (Wildman–Crippen LogP) is 5.53. The topological polar surface area (TPSA) is 38.2 Å². The van der Waals surface area contributed by atoms with E-state index in [4.69, 9.17) is 16.3 Å². The molecule has 0 aliphatic heterocycles. The second kappa shape index (κ2) is 9.60. The molecule has 0 bridgehead atoms. The molecule has 2 aromatic heterocycles. The summed E-state index contributed by atoms with van der Waals surface area (Å²) in [5.74, 6) is 2.40. The zero-order chi connectivity index (χ0) is 17.6. The van der Waals surface area contributed by atoms with Crippen LogP contribution in [0.1, 0.15) is 18.4 Å². The molecule has 138 valence electrons. The molecule has 26 heavy (non-hydrogen) atoms. The minimum absolute atomic E-state index is 0. The maximum Gasteiger partial charge on any atom is 0.139 e. The number of hydrogen-bond acceptors (Lipinski definition) is 4. The lowest BCUT2D eigenvalue weighted by Crippen LogP contribution is -2.13. The van der Waals surface area contributed by atoms with Crippen molar-refractivity contribution in [1.82, 2.24) is 9.97 Å². The number of hydrogen-bond donors (Lipinski definition) is 0. The fraction of sp³-hybridized carbons (Fsp3) is 0.300. The molecule has 0 unspecified atom stereocenters. The molecule has 0 aliphatic carbocycles. The van der Waals surface area contributed by atoms with Crippen LogP contribution in [0.4, 0.5) is 11.5 Å². The highest BCUT2D eigenvalue weighted by Crippen LogP contribution is 2.31. The van der Waals surface area contributed by atoms with Gasteiger partial charge in [-0.25, -0.2) is 4.98 Å². The van der Waals surface area contributed by atoms with Gasteiger partial charge in [0.1, 0.15) is 11.6 Å². The maximum atomic E-state index is 5.89. The monoisotopic (exact) mass is 391 g/mol. The van der Waals surface area contributed by atoms with Gasteiger partial charge in [-0.2, -0.15) is 0 Å². The number of unbranched alkanes of at least 4 members (excludes halogenated alkanes) is 1. The van der Waals surface area contributed by atoms with E-state index in [1.807, 2.05) is 49.3 Å². The van der Waals surface area contributed by atoms with Gasteiger partial charge in [0, 0.05) is 30.1 Å². The molecule has 0 fully saturated rings. The van der Waals surface area contributed by atoms with E-state index in [1.54, 1.807) is 6.20 Å². The normalized spacial score (nSPS) is 10.4. The summed E-state index contributed by atoms with van der Waals surface area (Å²) in [4.78, 5) is 11.1. The molecule has 0 saturated carbocycles. The van der Waals surface area contributed by atoms with Crippen LogP contribution < -0.4 is 9.64 Å². The number of pyridine rings is 2. The zero-order valence-corrected chi connectivity index (χ0v) is 16.6. The van der Waals surface area contributed by atoms with Crippen molar-refractivity contribution in [3.8, 4) is 5.75 Å². The van der Waals surface area contributed by atoms with Gasteiger partial charge in [0.15, 0.2) is 0 Å². The van der Waals surface area contributed by atoms with E-state index in [-0.39, 0.29) is 12.4 Å². The first-order chi connectivity index (χ1) is 12.2. The Kier molecular flexibility index (Phi) is 7.49. The second-order valence-corrected chi connectivity index (χ2v) is 6.33. The van der Waals surface area contributed by atoms with Crippen molar-refractivity contribution in [3.63, 3.8) is 0 Å². The van der Waals surface area contributed by atoms with Crippen LogP contribution in [0.25, 0.3) is 10.9 Å². The van der Waals surface area contributed by atoms with Crippen LogP contribution in [0, 0.1) is 6.92 Å². The Morgan fingerprint density at radius 1 is 1.12 bits per heavy atom. The van der Waals surface area contributed by atoms with E-state index in [2.05, 4.69) is 22.1 Å². The number of halogens is 2. The molecule has 0 N–H and O–H groups in total. The molecular weight excluding hydrogens is 369 g/mol. The first-order valence-corrected chi connectivity index (χ1v) is 8.97. The third kappa shape index (κ3) is 4.57. The van der Waals surface area contributed by atoms with Crippen LogP contribution in [0.15, 0.2) is 48.8 Å². The summed E-state index contributed by atoms with van der Waals surface area (Å²) >= 11 is 5.71. The van der Waals surface area contributed by atoms with Crippen LogP contribution in [0.2, 0.25) is 0 Å². The maximum absolute atomic E-state index is 5.89. The average molecular weight is 392 g/mol. The number of aromatic nitrogens is 2. The number of fused-ring (bicyclic) bond motifs is 1. The van der Waals surface area contributed by atoms with Gasteiger partial charge in [-0.15, -0.1) is 24.0 Å². The summed E-state index contributed by atoms with van der Waals surface area (Å²) in [7, 11) is 2.00. The second-order valence-electron chi connectivity index (χ2n) is 5.95. The third-order valence-corrected chi connectivity index (χ3v) is 4.46. The van der Waals surface area contributed by atoms with Crippen molar-refractivity contribution in [2.24, 2.45) is 0 Å². The van der Waals surface area contributed by atoms with Crippen molar-refractivity contribution in [1.29, 1.82) is 0 Å². The van der Waals surface area contributed by atoms with Gasteiger partial charge in [-0.3, -0.25) is 4.98 Å². The molecule has 0 radical (unpaired) electrons. The summed E-state index contributed by atoms with van der Waals surface area (Å²) in [6.07, 6.45) is 5.56. The lowest BCUT2D eigenvalue weighted by atomic mass is 10.2. The third-order valence-electron chi connectivity index (χ3n) is 4.19. The largest absolute Gasteiger partial charge is 0.493 e. The molecule has 3 aromatic rings. The van der Waals surface area contributed by atoms with Gasteiger partial charge in [0.05, 0.1) is 24.0 Å². The van der Waals surface area contributed by atoms with Crippen LogP contribution in [-0.2, 0) is 0 Å². The van der Waals surface area contributed by atoms with Gasteiger partial charge >= 0.3 is 0 Å². The summed E-state index contributed by atoms with van der Waals surface area (Å²) < 4.78 is 5.89. The SMILES string of the molecule is Cc1c(OCCCCCl)ccnc1N(C)c1cnc2ccccc2c1.Cl. The molecule has 0 aliphatic rings. The van der Waals surface area contributed by atoms with Crippen molar-refractivity contribution in [2.45, 2.75) is 19.8 Å². The first kappa shape index (κ1) is 20.3. The Labute approximate surface area is 165 Å². The first-order valence-electron chi connectivity index (χ1n) is 8.43. The number of rotatable bonds is 7. The van der Waals surface area contributed by atoms with E-state index in [0.29, 0.717) is 12.5 Å². The molecule has 6 heteroatoms. The molecule has 1 aromatic carbocycles. The Morgan fingerprint density at radius 2 is 1.92 bits per heavy atom. The number of alkyl halides is 1. The molecule has 0 saturated heterocycles. The van der Waals surface area contributed by atoms with E-state index >= 15 is 0 Å². The average Bonchev–Trinajstić information content (AvgIpc) is 2.65. The summed E-state index contributed by atoms with van der Waals surface area (Å²) in [6.45, 7) is 2.70. The minimum atomic E-state index is 0. The smallest absolute Gasteiger partial charge is 0.139 e. The van der Waals surface area contributed by atoms with E-state index in [0.717, 1.165) is 46.6 Å². The Hall–Kier alpha value is -2.04. The van der Waals surface area contributed by atoms with E-state index in [1.165, 1.54) is 0 Å². The van der Waals surface area contributed by atoms with Crippen molar-refractivity contribution in [2.75, 3.05) is 24.4 Å². The molecule has 0 amide bonds.